The lowest BCUT2D eigenvalue weighted by molar-refractivity contribution is 0.174. The summed E-state index contributed by atoms with van der Waals surface area (Å²) in [6, 6.07) is 7.96. The van der Waals surface area contributed by atoms with Gasteiger partial charge in [-0.15, -0.1) is 0 Å². The Kier molecular flexibility index (Phi) is 4.36. The van der Waals surface area contributed by atoms with E-state index in [2.05, 4.69) is 20.2 Å². The predicted octanol–water partition coefficient (Wildman–Crippen LogP) is 3.20. The molecule has 2 aliphatic rings. The molecule has 6 nitrogen and oxygen atoms in total. The summed E-state index contributed by atoms with van der Waals surface area (Å²) < 4.78 is 10.7. The number of hydrogen-bond acceptors (Lipinski definition) is 6. The van der Waals surface area contributed by atoms with E-state index in [0.717, 1.165) is 36.0 Å². The van der Waals surface area contributed by atoms with Gasteiger partial charge in [-0.2, -0.15) is 4.98 Å². The molecule has 1 saturated heterocycles. The summed E-state index contributed by atoms with van der Waals surface area (Å²) in [5.41, 5.74) is 1.11. The molecular formula is C18H22N4O2. The Morgan fingerprint density at radius 2 is 1.83 bits per heavy atom. The summed E-state index contributed by atoms with van der Waals surface area (Å²) in [5.74, 6) is 3.28. The molecule has 1 fully saturated rings. The van der Waals surface area contributed by atoms with Crippen LogP contribution in [0.4, 0.5) is 11.8 Å². The van der Waals surface area contributed by atoms with E-state index in [1.807, 2.05) is 30.5 Å². The minimum atomic E-state index is 0.299. The molecule has 0 radical (unpaired) electrons. The fourth-order valence-corrected chi connectivity index (χ4v) is 3.14. The molecule has 1 aromatic heterocycles. The van der Waals surface area contributed by atoms with Gasteiger partial charge in [0, 0.05) is 25.8 Å². The second-order valence-electron chi connectivity index (χ2n) is 6.18. The Bertz CT molecular complexity index is 699. The highest BCUT2D eigenvalue weighted by molar-refractivity contribution is 5.46. The van der Waals surface area contributed by atoms with E-state index in [4.69, 9.17) is 9.47 Å². The standard InChI is InChI=1S/C18H22N4O2/c1-2-4-10-22(9-3-1)17-7-8-19-18(21-17)20-12-14-5-6-15-16(11-14)24-13-23-15/h5-8,11H,1-4,9-10,12-13H2,(H,19,20,21). The van der Waals surface area contributed by atoms with E-state index < -0.39 is 0 Å². The van der Waals surface area contributed by atoms with Crippen LogP contribution in [0.5, 0.6) is 11.5 Å². The lowest BCUT2D eigenvalue weighted by Gasteiger charge is -2.21. The highest BCUT2D eigenvalue weighted by Gasteiger charge is 2.14. The third-order valence-corrected chi connectivity index (χ3v) is 4.46. The van der Waals surface area contributed by atoms with Crippen molar-refractivity contribution in [2.24, 2.45) is 0 Å². The highest BCUT2D eigenvalue weighted by Crippen LogP contribution is 2.32. The van der Waals surface area contributed by atoms with Crippen molar-refractivity contribution in [2.45, 2.75) is 32.2 Å². The number of hydrogen-bond donors (Lipinski definition) is 1. The first-order chi connectivity index (χ1) is 11.9. The molecule has 0 spiro atoms. The molecule has 0 saturated carbocycles. The van der Waals surface area contributed by atoms with Gasteiger partial charge in [0.25, 0.3) is 0 Å². The van der Waals surface area contributed by atoms with Crippen LogP contribution < -0.4 is 19.7 Å². The second kappa shape index (κ2) is 6.95. The van der Waals surface area contributed by atoms with Crippen molar-refractivity contribution >= 4 is 11.8 Å². The van der Waals surface area contributed by atoms with E-state index in [9.17, 15) is 0 Å². The summed E-state index contributed by atoms with van der Waals surface area (Å²) in [7, 11) is 0. The summed E-state index contributed by atoms with van der Waals surface area (Å²) in [6.07, 6.45) is 6.94. The number of ether oxygens (including phenoxy) is 2. The van der Waals surface area contributed by atoms with Crippen molar-refractivity contribution in [1.82, 2.24) is 9.97 Å². The number of nitrogens with zero attached hydrogens (tertiary/aromatic N) is 3. The van der Waals surface area contributed by atoms with Gasteiger partial charge in [-0.1, -0.05) is 18.9 Å². The molecule has 0 amide bonds. The first kappa shape index (κ1) is 15.1. The smallest absolute Gasteiger partial charge is 0.231 e. The normalized spacial score (nSPS) is 16.8. The second-order valence-corrected chi connectivity index (χ2v) is 6.18. The largest absolute Gasteiger partial charge is 0.454 e. The topological polar surface area (TPSA) is 59.5 Å². The molecule has 0 bridgehead atoms. The van der Waals surface area contributed by atoms with Crippen molar-refractivity contribution in [2.75, 3.05) is 30.1 Å². The van der Waals surface area contributed by atoms with Crippen LogP contribution in [0, 0.1) is 0 Å². The molecule has 0 unspecified atom stereocenters. The lowest BCUT2D eigenvalue weighted by atomic mass is 10.2. The zero-order valence-electron chi connectivity index (χ0n) is 13.7. The number of anilines is 2. The lowest BCUT2D eigenvalue weighted by Crippen LogP contribution is -2.25. The van der Waals surface area contributed by atoms with Crippen molar-refractivity contribution in [3.8, 4) is 11.5 Å². The van der Waals surface area contributed by atoms with E-state index in [-0.39, 0.29) is 0 Å². The summed E-state index contributed by atoms with van der Waals surface area (Å²) in [5, 5.41) is 3.30. The third-order valence-electron chi connectivity index (χ3n) is 4.46. The van der Waals surface area contributed by atoms with Gasteiger partial charge in [-0.05, 0) is 36.6 Å². The van der Waals surface area contributed by atoms with Gasteiger partial charge >= 0.3 is 0 Å². The van der Waals surface area contributed by atoms with Crippen LogP contribution in [0.1, 0.15) is 31.2 Å². The summed E-state index contributed by atoms with van der Waals surface area (Å²) in [4.78, 5) is 11.4. The van der Waals surface area contributed by atoms with Crippen LogP contribution >= 0.6 is 0 Å². The van der Waals surface area contributed by atoms with E-state index >= 15 is 0 Å². The fraction of sp³-hybridized carbons (Fsp3) is 0.444. The predicted molar refractivity (Wildman–Crippen MR) is 92.6 cm³/mol. The molecule has 126 valence electrons. The van der Waals surface area contributed by atoms with E-state index in [1.165, 1.54) is 25.7 Å². The highest BCUT2D eigenvalue weighted by atomic mass is 16.7. The summed E-state index contributed by atoms with van der Waals surface area (Å²) >= 11 is 0. The van der Waals surface area contributed by atoms with Crippen LogP contribution in [0.2, 0.25) is 0 Å². The molecule has 0 atom stereocenters. The van der Waals surface area contributed by atoms with E-state index in [1.54, 1.807) is 0 Å². The summed E-state index contributed by atoms with van der Waals surface area (Å²) in [6.45, 7) is 3.12. The minimum Gasteiger partial charge on any atom is -0.454 e. The van der Waals surface area contributed by atoms with Crippen molar-refractivity contribution in [3.63, 3.8) is 0 Å². The molecular weight excluding hydrogens is 304 g/mol. The number of nitrogens with one attached hydrogen (secondary N) is 1. The molecule has 3 heterocycles. The maximum absolute atomic E-state index is 5.41. The third kappa shape index (κ3) is 3.37. The number of rotatable bonds is 4. The SMILES string of the molecule is c1cc(N2CCCCCC2)nc(NCc2ccc3c(c2)OCO3)n1. The van der Waals surface area contributed by atoms with Crippen LogP contribution in [-0.4, -0.2) is 29.9 Å². The Morgan fingerprint density at radius 1 is 1.00 bits per heavy atom. The number of fused-ring (bicyclic) bond motifs is 1. The monoisotopic (exact) mass is 326 g/mol. The van der Waals surface area contributed by atoms with Crippen LogP contribution in [0.15, 0.2) is 30.5 Å². The van der Waals surface area contributed by atoms with Gasteiger partial charge < -0.3 is 19.7 Å². The first-order valence-electron chi connectivity index (χ1n) is 8.59. The quantitative estimate of drug-likeness (QED) is 0.931. The Morgan fingerprint density at radius 3 is 2.71 bits per heavy atom. The van der Waals surface area contributed by atoms with Crippen LogP contribution in [0.3, 0.4) is 0 Å². The minimum absolute atomic E-state index is 0.299. The molecule has 2 aromatic rings. The number of benzene rings is 1. The van der Waals surface area contributed by atoms with Gasteiger partial charge in [0.2, 0.25) is 12.7 Å². The molecule has 0 aliphatic carbocycles. The molecule has 6 heteroatoms. The molecule has 2 aliphatic heterocycles. The first-order valence-corrected chi connectivity index (χ1v) is 8.59. The Balaban J connectivity index is 1.42. The van der Waals surface area contributed by atoms with Crippen molar-refractivity contribution < 1.29 is 9.47 Å². The van der Waals surface area contributed by atoms with Gasteiger partial charge in [0.05, 0.1) is 0 Å². The van der Waals surface area contributed by atoms with E-state index in [0.29, 0.717) is 19.3 Å². The van der Waals surface area contributed by atoms with Gasteiger partial charge in [-0.3, -0.25) is 0 Å². The Hall–Kier alpha value is -2.50. The zero-order valence-corrected chi connectivity index (χ0v) is 13.7. The van der Waals surface area contributed by atoms with Gasteiger partial charge in [0.1, 0.15) is 5.82 Å². The van der Waals surface area contributed by atoms with Crippen molar-refractivity contribution in [3.05, 3.63) is 36.0 Å². The molecule has 1 aromatic carbocycles. The maximum atomic E-state index is 5.41. The molecule has 4 rings (SSSR count). The average Bonchev–Trinajstić information content (AvgIpc) is 2.92. The number of aromatic nitrogens is 2. The van der Waals surface area contributed by atoms with Gasteiger partial charge in [0.15, 0.2) is 11.5 Å². The maximum Gasteiger partial charge on any atom is 0.231 e. The molecule has 1 N–H and O–H groups in total. The fourth-order valence-electron chi connectivity index (χ4n) is 3.14. The van der Waals surface area contributed by atoms with Crippen molar-refractivity contribution in [1.29, 1.82) is 0 Å². The van der Waals surface area contributed by atoms with Gasteiger partial charge in [-0.25, -0.2) is 4.98 Å². The van der Waals surface area contributed by atoms with Crippen LogP contribution in [0.25, 0.3) is 0 Å². The Labute approximate surface area is 141 Å². The van der Waals surface area contributed by atoms with Crippen LogP contribution in [-0.2, 0) is 6.54 Å². The molecule has 24 heavy (non-hydrogen) atoms. The average molecular weight is 326 g/mol. The zero-order chi connectivity index (χ0) is 16.2.